The van der Waals surface area contributed by atoms with E-state index in [0.29, 0.717) is 6.54 Å². The van der Waals surface area contributed by atoms with Gasteiger partial charge in [0.15, 0.2) is 0 Å². The van der Waals surface area contributed by atoms with Crippen molar-refractivity contribution in [3.05, 3.63) is 47.3 Å². The highest BCUT2D eigenvalue weighted by Crippen LogP contribution is 2.10. The molecular formula is C15H19N3O2. The van der Waals surface area contributed by atoms with Crippen LogP contribution in [0.5, 0.6) is 5.75 Å². The van der Waals surface area contributed by atoms with E-state index < -0.39 is 0 Å². The Labute approximate surface area is 118 Å². The second-order valence-electron chi connectivity index (χ2n) is 4.71. The number of rotatable bonds is 5. The molecule has 2 aromatic rings. The molecule has 1 amide bonds. The minimum absolute atomic E-state index is 0.0491. The van der Waals surface area contributed by atoms with Crippen molar-refractivity contribution < 1.29 is 9.53 Å². The van der Waals surface area contributed by atoms with E-state index in [1.54, 1.807) is 11.8 Å². The summed E-state index contributed by atoms with van der Waals surface area (Å²) < 4.78 is 6.80. The topological polar surface area (TPSA) is 56.1 Å². The Hall–Kier alpha value is -2.30. The Morgan fingerprint density at radius 3 is 2.55 bits per heavy atom. The quantitative estimate of drug-likeness (QED) is 0.904. The second-order valence-corrected chi connectivity index (χ2v) is 4.71. The van der Waals surface area contributed by atoms with E-state index in [1.807, 2.05) is 44.2 Å². The van der Waals surface area contributed by atoms with Gasteiger partial charge in [-0.25, -0.2) is 0 Å². The summed E-state index contributed by atoms with van der Waals surface area (Å²) in [6.07, 6.45) is 0. The molecule has 0 aliphatic heterocycles. The molecule has 0 bridgehead atoms. The number of ether oxygens (including phenoxy) is 1. The van der Waals surface area contributed by atoms with E-state index in [4.69, 9.17) is 4.74 Å². The van der Waals surface area contributed by atoms with Gasteiger partial charge in [0.2, 0.25) is 5.91 Å². The van der Waals surface area contributed by atoms with E-state index in [2.05, 4.69) is 10.4 Å². The number of nitrogens with one attached hydrogen (secondary N) is 1. The summed E-state index contributed by atoms with van der Waals surface area (Å²) in [6, 6.07) is 9.58. The van der Waals surface area contributed by atoms with Crippen LogP contribution in [0.2, 0.25) is 0 Å². The number of benzene rings is 1. The molecule has 0 aliphatic carbocycles. The zero-order valence-electron chi connectivity index (χ0n) is 12.0. The lowest BCUT2D eigenvalue weighted by Gasteiger charge is -2.07. The van der Waals surface area contributed by atoms with E-state index in [-0.39, 0.29) is 12.5 Å². The third-order valence-electron chi connectivity index (χ3n) is 3.05. The molecule has 0 atom stereocenters. The van der Waals surface area contributed by atoms with Crippen LogP contribution in [0.3, 0.4) is 0 Å². The summed E-state index contributed by atoms with van der Waals surface area (Å²) >= 11 is 0. The second kappa shape index (κ2) is 6.23. The molecule has 5 heteroatoms. The van der Waals surface area contributed by atoms with Crippen LogP contribution >= 0.6 is 0 Å². The molecule has 2 rings (SSSR count). The predicted octanol–water partition coefficient (Wildman–Crippen LogP) is 1.82. The Kier molecular flexibility index (Phi) is 4.40. The smallest absolute Gasteiger partial charge is 0.242 e. The third kappa shape index (κ3) is 3.60. The predicted molar refractivity (Wildman–Crippen MR) is 76.5 cm³/mol. The molecule has 0 aliphatic rings. The first-order valence-electron chi connectivity index (χ1n) is 6.49. The Morgan fingerprint density at radius 2 is 2.00 bits per heavy atom. The zero-order chi connectivity index (χ0) is 14.5. The van der Waals surface area contributed by atoms with Crippen molar-refractivity contribution >= 4 is 5.91 Å². The van der Waals surface area contributed by atoms with Crippen LogP contribution in [0.15, 0.2) is 30.3 Å². The van der Waals surface area contributed by atoms with E-state index in [1.165, 1.54) is 0 Å². The molecule has 20 heavy (non-hydrogen) atoms. The van der Waals surface area contributed by atoms with Gasteiger partial charge in [-0.05, 0) is 37.6 Å². The maximum Gasteiger partial charge on any atom is 0.242 e. The molecule has 0 saturated carbocycles. The number of carbonyl (C=O) groups is 1. The van der Waals surface area contributed by atoms with E-state index >= 15 is 0 Å². The third-order valence-corrected chi connectivity index (χ3v) is 3.05. The number of hydrogen-bond donors (Lipinski definition) is 1. The van der Waals surface area contributed by atoms with Crippen molar-refractivity contribution in [3.8, 4) is 5.75 Å². The molecule has 106 valence electrons. The number of amides is 1. The summed E-state index contributed by atoms with van der Waals surface area (Å²) in [4.78, 5) is 11.9. The van der Waals surface area contributed by atoms with Crippen LogP contribution in [0.25, 0.3) is 0 Å². The maximum absolute atomic E-state index is 11.9. The molecule has 0 spiro atoms. The SMILES string of the molecule is COc1ccc(CNC(=O)Cn2nc(C)cc2C)cc1. The lowest BCUT2D eigenvalue weighted by molar-refractivity contribution is -0.122. The first-order chi connectivity index (χ1) is 9.58. The number of aryl methyl sites for hydroxylation is 2. The number of carbonyl (C=O) groups excluding carboxylic acids is 1. The molecule has 1 aromatic heterocycles. The summed E-state index contributed by atoms with van der Waals surface area (Å²) in [5.41, 5.74) is 2.94. The minimum atomic E-state index is -0.0491. The normalized spacial score (nSPS) is 10.3. The zero-order valence-corrected chi connectivity index (χ0v) is 12.0. The lowest BCUT2D eigenvalue weighted by atomic mass is 10.2. The Bertz CT molecular complexity index is 588. The van der Waals surface area contributed by atoms with Gasteiger partial charge in [-0.3, -0.25) is 9.48 Å². The van der Waals surface area contributed by atoms with Crippen LogP contribution in [0.1, 0.15) is 17.0 Å². The Balaban J connectivity index is 1.87. The summed E-state index contributed by atoms with van der Waals surface area (Å²) in [6.45, 7) is 4.60. The largest absolute Gasteiger partial charge is 0.497 e. The highest BCUT2D eigenvalue weighted by atomic mass is 16.5. The van der Waals surface area contributed by atoms with Crippen molar-refractivity contribution in [2.24, 2.45) is 0 Å². The molecule has 0 radical (unpaired) electrons. The van der Waals surface area contributed by atoms with Gasteiger partial charge in [0.05, 0.1) is 12.8 Å². The van der Waals surface area contributed by atoms with Crippen molar-refractivity contribution in [2.75, 3.05) is 7.11 Å². The van der Waals surface area contributed by atoms with Crippen LogP contribution in [-0.2, 0) is 17.9 Å². The fourth-order valence-electron chi connectivity index (χ4n) is 1.97. The number of nitrogens with zero attached hydrogens (tertiary/aromatic N) is 2. The molecule has 1 N–H and O–H groups in total. The van der Waals surface area contributed by atoms with Gasteiger partial charge in [-0.2, -0.15) is 5.10 Å². The number of aromatic nitrogens is 2. The van der Waals surface area contributed by atoms with Gasteiger partial charge in [-0.1, -0.05) is 12.1 Å². The van der Waals surface area contributed by atoms with Crippen molar-refractivity contribution in [3.63, 3.8) is 0 Å². The summed E-state index contributed by atoms with van der Waals surface area (Å²) in [7, 11) is 1.63. The first kappa shape index (κ1) is 14.1. The van der Waals surface area contributed by atoms with Gasteiger partial charge in [0, 0.05) is 12.2 Å². The van der Waals surface area contributed by atoms with E-state index in [9.17, 15) is 4.79 Å². The summed E-state index contributed by atoms with van der Waals surface area (Å²) in [5.74, 6) is 0.759. The molecule has 0 unspecified atom stereocenters. The molecule has 5 nitrogen and oxygen atoms in total. The fraction of sp³-hybridized carbons (Fsp3) is 0.333. The summed E-state index contributed by atoms with van der Waals surface area (Å²) in [5, 5.41) is 7.15. The van der Waals surface area contributed by atoms with Crippen molar-refractivity contribution in [1.29, 1.82) is 0 Å². The molecule has 1 aromatic carbocycles. The van der Waals surface area contributed by atoms with Gasteiger partial charge in [-0.15, -0.1) is 0 Å². The molecule has 0 saturated heterocycles. The average molecular weight is 273 g/mol. The number of hydrogen-bond acceptors (Lipinski definition) is 3. The van der Waals surface area contributed by atoms with Gasteiger partial charge >= 0.3 is 0 Å². The fourth-order valence-corrected chi connectivity index (χ4v) is 1.97. The van der Waals surface area contributed by atoms with Gasteiger partial charge < -0.3 is 10.1 Å². The number of methoxy groups -OCH3 is 1. The highest BCUT2D eigenvalue weighted by molar-refractivity contribution is 5.75. The van der Waals surface area contributed by atoms with Gasteiger partial charge in [0.25, 0.3) is 0 Å². The minimum Gasteiger partial charge on any atom is -0.497 e. The first-order valence-corrected chi connectivity index (χ1v) is 6.49. The van der Waals surface area contributed by atoms with Crippen LogP contribution in [-0.4, -0.2) is 22.8 Å². The monoisotopic (exact) mass is 273 g/mol. The van der Waals surface area contributed by atoms with Crippen LogP contribution in [0.4, 0.5) is 0 Å². The molecule has 0 fully saturated rings. The van der Waals surface area contributed by atoms with Crippen LogP contribution in [0, 0.1) is 13.8 Å². The highest BCUT2D eigenvalue weighted by Gasteiger charge is 2.06. The standard InChI is InChI=1S/C15H19N3O2/c1-11-8-12(2)18(17-11)10-15(19)16-9-13-4-6-14(20-3)7-5-13/h4-8H,9-10H2,1-3H3,(H,16,19). The molecular weight excluding hydrogens is 254 g/mol. The lowest BCUT2D eigenvalue weighted by Crippen LogP contribution is -2.27. The van der Waals surface area contributed by atoms with E-state index in [0.717, 1.165) is 22.7 Å². The van der Waals surface area contributed by atoms with Gasteiger partial charge in [0.1, 0.15) is 12.3 Å². The molecule has 1 heterocycles. The van der Waals surface area contributed by atoms with Crippen LogP contribution < -0.4 is 10.1 Å². The average Bonchev–Trinajstić information content (AvgIpc) is 2.75. The Morgan fingerprint density at radius 1 is 1.30 bits per heavy atom. The van der Waals surface area contributed by atoms with Crippen molar-refractivity contribution in [1.82, 2.24) is 15.1 Å². The maximum atomic E-state index is 11.9. The van der Waals surface area contributed by atoms with Crippen molar-refractivity contribution in [2.45, 2.75) is 26.9 Å².